The van der Waals surface area contributed by atoms with Gasteiger partial charge in [0.25, 0.3) is 10.0 Å². The maximum atomic E-state index is 14.1. The summed E-state index contributed by atoms with van der Waals surface area (Å²) < 4.78 is 41.6. The van der Waals surface area contributed by atoms with Gasteiger partial charge in [-0.1, -0.05) is 47.7 Å². The highest BCUT2D eigenvalue weighted by molar-refractivity contribution is 7.90. The molecule has 0 amide bonds. The van der Waals surface area contributed by atoms with Crippen LogP contribution in [0.15, 0.2) is 17.3 Å². The monoisotopic (exact) mass is 332 g/mol. The van der Waals surface area contributed by atoms with Gasteiger partial charge in [0.1, 0.15) is 8.24 Å². The summed E-state index contributed by atoms with van der Waals surface area (Å²) >= 11 is 0. The molecule has 1 aromatic rings. The van der Waals surface area contributed by atoms with Crippen molar-refractivity contribution >= 4 is 18.3 Å². The lowest BCUT2D eigenvalue weighted by atomic mass is 10.1. The van der Waals surface area contributed by atoms with Crippen LogP contribution in [0, 0.1) is 5.82 Å². The van der Waals surface area contributed by atoms with Gasteiger partial charge >= 0.3 is 0 Å². The van der Waals surface area contributed by atoms with Gasteiger partial charge in [0.05, 0.1) is 0 Å². The third-order valence-electron chi connectivity index (χ3n) is 4.01. The minimum absolute atomic E-state index is 0.0945. The number of sulfonamides is 1. The highest BCUT2D eigenvalue weighted by atomic mass is 32.2. The van der Waals surface area contributed by atoms with Crippen LogP contribution in [-0.2, 0) is 10.0 Å². The molecule has 7 heteroatoms. The van der Waals surface area contributed by atoms with E-state index in [0.717, 1.165) is 0 Å². The average Bonchev–Trinajstić information content (AvgIpc) is 2.25. The van der Waals surface area contributed by atoms with E-state index < -0.39 is 29.1 Å². The van der Waals surface area contributed by atoms with E-state index in [1.807, 2.05) is 47.7 Å². The van der Waals surface area contributed by atoms with Gasteiger partial charge < -0.3 is 0 Å². The van der Waals surface area contributed by atoms with Gasteiger partial charge in [-0.15, -0.1) is 0 Å². The lowest BCUT2D eigenvalue weighted by Crippen LogP contribution is -2.54. The van der Waals surface area contributed by atoms with Crippen LogP contribution in [0.3, 0.4) is 0 Å². The summed E-state index contributed by atoms with van der Waals surface area (Å²) in [6.45, 7) is 13.6. The molecule has 0 aromatic carbocycles. The predicted molar refractivity (Wildman–Crippen MR) is 85.8 cm³/mol. The number of nitrogens with one attached hydrogen (secondary N) is 1. The van der Waals surface area contributed by atoms with E-state index in [4.69, 9.17) is 0 Å². The molecule has 0 fully saturated rings. The number of aromatic nitrogens is 1. The van der Waals surface area contributed by atoms with Crippen molar-refractivity contribution in [2.75, 3.05) is 0 Å². The number of pyridine rings is 1. The van der Waals surface area contributed by atoms with Crippen LogP contribution in [0.4, 0.5) is 4.39 Å². The Morgan fingerprint density at radius 2 is 1.81 bits per heavy atom. The highest BCUT2D eigenvalue weighted by Crippen LogP contribution is 2.35. The predicted octanol–water partition coefficient (Wildman–Crippen LogP) is 3.63. The number of halogens is 1. The molecule has 120 valence electrons. The molecule has 0 aliphatic carbocycles. The van der Waals surface area contributed by atoms with E-state index >= 15 is 0 Å². The van der Waals surface area contributed by atoms with Gasteiger partial charge in [0.2, 0.25) is 5.03 Å². The Kier molecular flexibility index (Phi) is 5.02. The second kappa shape index (κ2) is 5.77. The van der Waals surface area contributed by atoms with Crippen molar-refractivity contribution in [3.05, 3.63) is 23.6 Å². The molecule has 0 saturated carbocycles. The van der Waals surface area contributed by atoms with Crippen LogP contribution in [0.1, 0.15) is 46.1 Å². The largest absolute Gasteiger partial charge is 0.255 e. The van der Waals surface area contributed by atoms with Crippen molar-refractivity contribution < 1.29 is 12.8 Å². The summed E-state index contributed by atoms with van der Waals surface area (Å²) in [5, 5.41) is -0.703. The molecular formula is C14H25FN2O2SSi. The smallest absolute Gasteiger partial charge is 0.241 e. The van der Waals surface area contributed by atoms with Gasteiger partial charge in [-0.05, 0) is 22.6 Å². The molecule has 0 radical (unpaired) electrons. The van der Waals surface area contributed by atoms with Gasteiger partial charge in [-0.2, -0.15) is 0 Å². The summed E-state index contributed by atoms with van der Waals surface area (Å²) in [4.78, 5) is 3.83. The molecule has 1 N–H and O–H groups in total. The van der Waals surface area contributed by atoms with Crippen LogP contribution in [0.5, 0.6) is 0 Å². The topological polar surface area (TPSA) is 59.1 Å². The van der Waals surface area contributed by atoms with Crippen molar-refractivity contribution in [2.45, 2.75) is 63.7 Å². The first-order chi connectivity index (χ1) is 9.28. The molecule has 0 atom stereocenters. The Balaban J connectivity index is 3.21. The standard InChI is InChI=1S/C14H25FN2O2SSi/c1-10(2)11-8-12(15)13(16-9-11)20(18,19)17-21(6,7)14(3,4)5/h8-10,17H,1-7H3. The Bertz CT molecular complexity index is 622. The third kappa shape index (κ3) is 4.11. The van der Waals surface area contributed by atoms with Crippen molar-refractivity contribution in [1.82, 2.24) is 9.37 Å². The summed E-state index contributed by atoms with van der Waals surface area (Å²) in [6.07, 6.45) is 1.42. The van der Waals surface area contributed by atoms with Gasteiger partial charge in [-0.25, -0.2) is 22.2 Å². The second-order valence-corrected chi connectivity index (χ2v) is 14.2. The van der Waals surface area contributed by atoms with E-state index in [-0.39, 0.29) is 11.0 Å². The van der Waals surface area contributed by atoms with Crippen LogP contribution in [0.2, 0.25) is 18.1 Å². The molecule has 0 spiro atoms. The fourth-order valence-electron chi connectivity index (χ4n) is 1.49. The molecule has 0 unspecified atom stereocenters. The van der Waals surface area contributed by atoms with E-state index in [2.05, 4.69) is 9.37 Å². The summed E-state index contributed by atoms with van der Waals surface area (Å²) in [5.41, 5.74) is 0.679. The Morgan fingerprint density at radius 1 is 1.29 bits per heavy atom. The van der Waals surface area contributed by atoms with Crippen molar-refractivity contribution in [1.29, 1.82) is 0 Å². The fraction of sp³-hybridized carbons (Fsp3) is 0.643. The molecule has 1 aromatic heterocycles. The summed E-state index contributed by atoms with van der Waals surface area (Å²) in [6, 6.07) is 1.25. The lowest BCUT2D eigenvalue weighted by molar-refractivity contribution is 0.547. The lowest BCUT2D eigenvalue weighted by Gasteiger charge is -2.36. The van der Waals surface area contributed by atoms with E-state index in [1.165, 1.54) is 12.3 Å². The van der Waals surface area contributed by atoms with E-state index in [0.29, 0.717) is 5.56 Å². The zero-order valence-electron chi connectivity index (χ0n) is 13.8. The SMILES string of the molecule is CC(C)c1cnc(S(=O)(=O)N[Si](C)(C)C(C)(C)C)c(F)c1. The van der Waals surface area contributed by atoms with Crippen molar-refractivity contribution in [3.8, 4) is 0 Å². The zero-order valence-corrected chi connectivity index (χ0v) is 15.6. The second-order valence-electron chi connectivity index (χ2n) is 7.19. The molecule has 0 saturated heterocycles. The molecule has 21 heavy (non-hydrogen) atoms. The summed E-state index contributed by atoms with van der Waals surface area (Å²) in [5.74, 6) is -0.704. The molecule has 0 aliphatic heterocycles. The molecule has 1 rings (SSSR count). The Morgan fingerprint density at radius 3 is 2.19 bits per heavy atom. The average molecular weight is 333 g/mol. The van der Waals surface area contributed by atoms with E-state index in [1.54, 1.807) is 0 Å². The molecule has 1 heterocycles. The van der Waals surface area contributed by atoms with Crippen LogP contribution in [0.25, 0.3) is 0 Å². The van der Waals surface area contributed by atoms with Gasteiger partial charge in [0.15, 0.2) is 5.82 Å². The number of hydrogen-bond donors (Lipinski definition) is 1. The van der Waals surface area contributed by atoms with E-state index in [9.17, 15) is 12.8 Å². The first kappa shape index (κ1) is 18.3. The zero-order chi connectivity index (χ0) is 16.6. The molecular weight excluding hydrogens is 307 g/mol. The minimum Gasteiger partial charge on any atom is -0.241 e. The van der Waals surface area contributed by atoms with Crippen LogP contribution in [-0.4, -0.2) is 21.6 Å². The quantitative estimate of drug-likeness (QED) is 0.857. The third-order valence-corrected chi connectivity index (χ3v) is 11.7. The Hall–Kier alpha value is -0.793. The van der Waals surface area contributed by atoms with Crippen molar-refractivity contribution in [3.63, 3.8) is 0 Å². The molecule has 4 nitrogen and oxygen atoms in total. The van der Waals surface area contributed by atoms with Gasteiger partial charge in [-0.3, -0.25) is 0 Å². The highest BCUT2D eigenvalue weighted by Gasteiger charge is 2.40. The van der Waals surface area contributed by atoms with Crippen molar-refractivity contribution in [2.24, 2.45) is 0 Å². The first-order valence-electron chi connectivity index (χ1n) is 6.97. The number of nitrogens with zero attached hydrogens (tertiary/aromatic N) is 1. The number of rotatable bonds is 4. The summed E-state index contributed by atoms with van der Waals surface area (Å²) in [7, 11) is -6.27. The maximum absolute atomic E-state index is 14.1. The first-order valence-corrected chi connectivity index (χ1v) is 11.5. The Labute approximate surface area is 128 Å². The maximum Gasteiger partial charge on any atom is 0.255 e. The normalized spacial score (nSPS) is 13.8. The molecule has 0 aliphatic rings. The van der Waals surface area contributed by atoms with Crippen LogP contribution >= 0.6 is 0 Å². The fourth-order valence-corrected chi connectivity index (χ4v) is 6.30. The number of hydrogen-bond acceptors (Lipinski definition) is 3. The van der Waals surface area contributed by atoms with Gasteiger partial charge in [0, 0.05) is 6.20 Å². The van der Waals surface area contributed by atoms with Crippen LogP contribution < -0.4 is 4.39 Å². The minimum atomic E-state index is -3.95. The molecule has 0 bridgehead atoms.